The Hall–Kier alpha value is -1.24. The Morgan fingerprint density at radius 1 is 1.43 bits per heavy atom. The summed E-state index contributed by atoms with van der Waals surface area (Å²) < 4.78 is 5.66. The fourth-order valence-electron chi connectivity index (χ4n) is 1.27. The van der Waals surface area contributed by atoms with Crippen LogP contribution in [0.15, 0.2) is 35.9 Å². The van der Waals surface area contributed by atoms with Crippen LogP contribution in [0.4, 0.5) is 0 Å². The molecule has 1 heteroatoms. The Bertz CT molecular complexity index is 313. The van der Waals surface area contributed by atoms with Crippen LogP contribution in [0, 0.1) is 6.92 Å². The molecule has 14 heavy (non-hydrogen) atoms. The number of rotatable bonds is 4. The van der Waals surface area contributed by atoms with E-state index in [2.05, 4.69) is 39.0 Å². The normalized spacial score (nSPS) is 11.5. The number of hydrogen-bond donors (Lipinski definition) is 0. The summed E-state index contributed by atoms with van der Waals surface area (Å²) in [7, 11) is 0. The van der Waals surface area contributed by atoms with Gasteiger partial charge in [-0.25, -0.2) is 0 Å². The first kappa shape index (κ1) is 10.8. The number of hydrogen-bond acceptors (Lipinski definition) is 1. The fraction of sp³-hybridized carbons (Fsp3) is 0.385. The van der Waals surface area contributed by atoms with Crippen LogP contribution >= 0.6 is 0 Å². The molecule has 1 rings (SSSR count). The second kappa shape index (κ2) is 5.48. The van der Waals surface area contributed by atoms with Gasteiger partial charge in [0, 0.05) is 0 Å². The van der Waals surface area contributed by atoms with E-state index in [9.17, 15) is 0 Å². The first-order valence-electron chi connectivity index (χ1n) is 5.09. The zero-order valence-electron chi connectivity index (χ0n) is 9.21. The molecule has 0 aliphatic carbocycles. The van der Waals surface area contributed by atoms with Crippen molar-refractivity contribution in [2.75, 3.05) is 6.61 Å². The van der Waals surface area contributed by atoms with Crippen LogP contribution in [0.25, 0.3) is 0 Å². The summed E-state index contributed by atoms with van der Waals surface area (Å²) in [6, 6.07) is 8.15. The van der Waals surface area contributed by atoms with Gasteiger partial charge in [-0.05, 0) is 43.5 Å². The third kappa shape index (κ3) is 3.25. The number of allylic oxidation sites excluding steroid dienone is 1. The van der Waals surface area contributed by atoms with E-state index in [4.69, 9.17) is 4.74 Å². The van der Waals surface area contributed by atoms with Crippen molar-refractivity contribution in [2.24, 2.45) is 0 Å². The van der Waals surface area contributed by atoms with E-state index in [0.717, 1.165) is 12.2 Å². The quantitative estimate of drug-likeness (QED) is 0.657. The van der Waals surface area contributed by atoms with Gasteiger partial charge in [-0.15, -0.1) is 0 Å². The maximum atomic E-state index is 5.66. The minimum absolute atomic E-state index is 0.705. The molecule has 0 spiro atoms. The topological polar surface area (TPSA) is 9.23 Å². The smallest absolute Gasteiger partial charge is 0.120 e. The summed E-state index contributed by atoms with van der Waals surface area (Å²) >= 11 is 0. The molecule has 0 aliphatic heterocycles. The van der Waals surface area contributed by atoms with Crippen molar-refractivity contribution in [1.82, 2.24) is 0 Å². The average Bonchev–Trinajstić information content (AvgIpc) is 2.19. The Kier molecular flexibility index (Phi) is 4.24. The predicted octanol–water partition coefficient (Wildman–Crippen LogP) is 3.73. The third-order valence-corrected chi connectivity index (χ3v) is 2.28. The maximum Gasteiger partial charge on any atom is 0.120 e. The van der Waals surface area contributed by atoms with E-state index in [0.29, 0.717) is 6.61 Å². The Morgan fingerprint density at radius 3 is 2.79 bits per heavy atom. The molecule has 0 atom stereocenters. The van der Waals surface area contributed by atoms with Crippen LogP contribution in [-0.4, -0.2) is 6.61 Å². The van der Waals surface area contributed by atoms with Gasteiger partial charge in [0.15, 0.2) is 0 Å². The third-order valence-electron chi connectivity index (χ3n) is 2.28. The highest BCUT2D eigenvalue weighted by atomic mass is 16.5. The lowest BCUT2D eigenvalue weighted by Gasteiger charge is -2.08. The van der Waals surface area contributed by atoms with Gasteiger partial charge in [0.1, 0.15) is 12.4 Å². The SMILES string of the molecule is C/C=C(\CC)COc1cccc(C)c1. The summed E-state index contributed by atoms with van der Waals surface area (Å²) in [5.41, 5.74) is 2.58. The Morgan fingerprint density at radius 2 is 2.21 bits per heavy atom. The van der Waals surface area contributed by atoms with Crippen molar-refractivity contribution >= 4 is 0 Å². The van der Waals surface area contributed by atoms with Gasteiger partial charge in [0.25, 0.3) is 0 Å². The number of benzene rings is 1. The first-order valence-corrected chi connectivity index (χ1v) is 5.09. The first-order chi connectivity index (χ1) is 6.76. The van der Waals surface area contributed by atoms with E-state index in [-0.39, 0.29) is 0 Å². The summed E-state index contributed by atoms with van der Waals surface area (Å²) in [5, 5.41) is 0. The molecule has 0 unspecified atom stereocenters. The van der Waals surface area contributed by atoms with Gasteiger partial charge in [-0.2, -0.15) is 0 Å². The standard InChI is InChI=1S/C13H18O/c1-4-12(5-2)10-14-13-8-6-7-11(3)9-13/h4,6-9H,5,10H2,1-3H3/b12-4+. The molecule has 0 N–H and O–H groups in total. The molecule has 1 aromatic carbocycles. The molecule has 0 aliphatic rings. The van der Waals surface area contributed by atoms with E-state index in [1.807, 2.05) is 12.1 Å². The van der Waals surface area contributed by atoms with Crippen LogP contribution in [0.5, 0.6) is 5.75 Å². The Labute approximate surface area is 86.4 Å². The summed E-state index contributed by atoms with van der Waals surface area (Å²) in [6.45, 7) is 6.98. The average molecular weight is 190 g/mol. The van der Waals surface area contributed by atoms with E-state index < -0.39 is 0 Å². The van der Waals surface area contributed by atoms with Gasteiger partial charge >= 0.3 is 0 Å². The predicted molar refractivity (Wildman–Crippen MR) is 60.7 cm³/mol. The highest BCUT2D eigenvalue weighted by molar-refractivity contribution is 5.27. The van der Waals surface area contributed by atoms with Crippen LogP contribution in [0.3, 0.4) is 0 Å². The highest BCUT2D eigenvalue weighted by Gasteiger charge is 1.96. The molecule has 0 fully saturated rings. The highest BCUT2D eigenvalue weighted by Crippen LogP contribution is 2.13. The van der Waals surface area contributed by atoms with Gasteiger partial charge in [-0.3, -0.25) is 0 Å². The molecule has 0 saturated heterocycles. The van der Waals surface area contributed by atoms with Crippen molar-refractivity contribution in [1.29, 1.82) is 0 Å². The van der Waals surface area contributed by atoms with E-state index in [1.54, 1.807) is 0 Å². The molecular formula is C13H18O. The van der Waals surface area contributed by atoms with Crippen LogP contribution in [-0.2, 0) is 0 Å². The molecular weight excluding hydrogens is 172 g/mol. The van der Waals surface area contributed by atoms with Crippen molar-refractivity contribution < 1.29 is 4.74 Å². The van der Waals surface area contributed by atoms with Crippen LogP contribution < -0.4 is 4.74 Å². The fourth-order valence-corrected chi connectivity index (χ4v) is 1.27. The summed E-state index contributed by atoms with van der Waals surface area (Å²) in [4.78, 5) is 0. The Balaban J connectivity index is 2.53. The zero-order chi connectivity index (χ0) is 10.4. The largest absolute Gasteiger partial charge is 0.489 e. The van der Waals surface area contributed by atoms with Crippen molar-refractivity contribution in [3.05, 3.63) is 41.5 Å². The van der Waals surface area contributed by atoms with Gasteiger partial charge < -0.3 is 4.74 Å². The summed E-state index contributed by atoms with van der Waals surface area (Å²) in [5.74, 6) is 0.956. The lowest BCUT2D eigenvalue weighted by Crippen LogP contribution is -2.00. The minimum Gasteiger partial charge on any atom is -0.489 e. The molecule has 0 aromatic heterocycles. The molecule has 0 radical (unpaired) electrons. The minimum atomic E-state index is 0.705. The van der Waals surface area contributed by atoms with Gasteiger partial charge in [-0.1, -0.05) is 25.1 Å². The van der Waals surface area contributed by atoms with E-state index in [1.165, 1.54) is 11.1 Å². The second-order valence-electron chi connectivity index (χ2n) is 3.41. The van der Waals surface area contributed by atoms with Crippen LogP contribution in [0.1, 0.15) is 25.8 Å². The van der Waals surface area contributed by atoms with E-state index >= 15 is 0 Å². The lowest BCUT2D eigenvalue weighted by atomic mass is 10.2. The monoisotopic (exact) mass is 190 g/mol. The molecule has 1 aromatic rings. The van der Waals surface area contributed by atoms with Crippen molar-refractivity contribution in [2.45, 2.75) is 27.2 Å². The maximum absolute atomic E-state index is 5.66. The summed E-state index contributed by atoms with van der Waals surface area (Å²) in [6.07, 6.45) is 3.18. The number of ether oxygens (including phenoxy) is 1. The zero-order valence-corrected chi connectivity index (χ0v) is 9.21. The molecule has 0 saturated carbocycles. The molecule has 0 amide bonds. The lowest BCUT2D eigenvalue weighted by molar-refractivity contribution is 0.348. The van der Waals surface area contributed by atoms with Gasteiger partial charge in [0.2, 0.25) is 0 Å². The molecule has 1 nitrogen and oxygen atoms in total. The molecule has 76 valence electrons. The molecule has 0 heterocycles. The second-order valence-corrected chi connectivity index (χ2v) is 3.41. The van der Waals surface area contributed by atoms with Crippen molar-refractivity contribution in [3.8, 4) is 5.75 Å². The van der Waals surface area contributed by atoms with Crippen LogP contribution in [0.2, 0.25) is 0 Å². The van der Waals surface area contributed by atoms with Gasteiger partial charge in [0.05, 0.1) is 0 Å². The van der Waals surface area contributed by atoms with Crippen molar-refractivity contribution in [3.63, 3.8) is 0 Å². The molecule has 0 bridgehead atoms. The number of aryl methyl sites for hydroxylation is 1.